The van der Waals surface area contributed by atoms with Crippen molar-refractivity contribution in [1.82, 2.24) is 0 Å². The molecule has 0 amide bonds. The number of carbonyl (C=O) groups excluding carboxylic acids is 1. The molecule has 0 radical (unpaired) electrons. The first-order chi connectivity index (χ1) is 12.1. The number of hydrogen-bond donors (Lipinski definition) is 0. The number of carbonyl (C=O) groups is 1. The monoisotopic (exact) mass is 341 g/mol. The van der Waals surface area contributed by atoms with E-state index in [4.69, 9.17) is 14.2 Å². The van der Waals surface area contributed by atoms with Crippen molar-refractivity contribution in [2.45, 2.75) is 19.4 Å². The highest BCUT2D eigenvalue weighted by Crippen LogP contribution is 2.28. The van der Waals surface area contributed by atoms with Crippen LogP contribution in [0, 0.1) is 0 Å². The van der Waals surface area contributed by atoms with Crippen LogP contribution in [0.15, 0.2) is 47.5 Å². The largest absolute Gasteiger partial charge is 0.496 e. The number of methoxy groups -OCH3 is 3. The highest BCUT2D eigenvalue weighted by Gasteiger charge is 2.11. The predicted molar refractivity (Wildman–Crippen MR) is 98.5 cm³/mol. The van der Waals surface area contributed by atoms with Gasteiger partial charge in [-0.1, -0.05) is 18.2 Å². The Hall–Kier alpha value is -2.82. The van der Waals surface area contributed by atoms with E-state index in [1.54, 1.807) is 39.5 Å². The second-order valence-corrected chi connectivity index (χ2v) is 5.59. The Morgan fingerprint density at radius 2 is 1.68 bits per heavy atom. The third kappa shape index (κ3) is 4.83. The summed E-state index contributed by atoms with van der Waals surface area (Å²) in [7, 11) is 4.76. The van der Waals surface area contributed by atoms with E-state index >= 15 is 0 Å². The number of para-hydroxylation sites is 1. The number of aliphatic imine (C=N–C) groups is 1. The lowest BCUT2D eigenvalue weighted by Crippen LogP contribution is -2.08. The molecule has 2 aromatic rings. The molecule has 0 aromatic heterocycles. The molecule has 2 aromatic carbocycles. The quantitative estimate of drug-likeness (QED) is 0.544. The number of ketones is 1. The number of ether oxygens (including phenoxy) is 3. The third-order valence-corrected chi connectivity index (χ3v) is 3.80. The van der Waals surface area contributed by atoms with Crippen molar-refractivity contribution >= 4 is 12.0 Å². The molecule has 1 unspecified atom stereocenters. The summed E-state index contributed by atoms with van der Waals surface area (Å²) in [6.45, 7) is 1.96. The van der Waals surface area contributed by atoms with Gasteiger partial charge in [0.15, 0.2) is 11.5 Å². The van der Waals surface area contributed by atoms with Crippen LogP contribution < -0.4 is 14.2 Å². The maximum Gasteiger partial charge on any atom is 0.207 e. The number of hydrogen-bond acceptors (Lipinski definition) is 5. The van der Waals surface area contributed by atoms with Crippen LogP contribution in [0.25, 0.3) is 0 Å². The molecule has 0 heterocycles. The highest BCUT2D eigenvalue weighted by atomic mass is 16.5. The standard InChI is InChI=1S/C20H23NO4/c1-14(11-15-9-10-19(24-3)20(12-15)25-4)21-13-17(22)16-7-5-6-8-18(16)23-2/h5-10,12-14H,11H2,1-4H3/b21-13-. The molecular weight excluding hydrogens is 318 g/mol. The molecule has 0 bridgehead atoms. The average molecular weight is 341 g/mol. The van der Waals surface area contributed by atoms with Gasteiger partial charge < -0.3 is 14.2 Å². The molecule has 0 saturated heterocycles. The molecule has 132 valence electrons. The van der Waals surface area contributed by atoms with E-state index in [0.29, 0.717) is 29.2 Å². The van der Waals surface area contributed by atoms with Gasteiger partial charge in [-0.2, -0.15) is 0 Å². The zero-order valence-electron chi connectivity index (χ0n) is 15.0. The zero-order valence-corrected chi connectivity index (χ0v) is 15.0. The molecule has 0 aliphatic heterocycles. The summed E-state index contributed by atoms with van der Waals surface area (Å²) >= 11 is 0. The first-order valence-electron chi connectivity index (χ1n) is 8.00. The molecule has 0 spiro atoms. The van der Waals surface area contributed by atoms with E-state index in [9.17, 15) is 4.79 Å². The van der Waals surface area contributed by atoms with Gasteiger partial charge in [0.2, 0.25) is 5.78 Å². The van der Waals surface area contributed by atoms with Crippen LogP contribution in [0.3, 0.4) is 0 Å². The summed E-state index contributed by atoms with van der Waals surface area (Å²) in [4.78, 5) is 16.7. The Kier molecular flexibility index (Phi) is 6.57. The molecule has 25 heavy (non-hydrogen) atoms. The Bertz CT molecular complexity index is 755. The molecule has 0 fully saturated rings. The molecule has 0 saturated carbocycles. The van der Waals surface area contributed by atoms with Crippen molar-refractivity contribution in [2.24, 2.45) is 4.99 Å². The fraction of sp³-hybridized carbons (Fsp3) is 0.300. The first-order valence-corrected chi connectivity index (χ1v) is 8.00. The van der Waals surface area contributed by atoms with Gasteiger partial charge in [-0.25, -0.2) is 0 Å². The van der Waals surface area contributed by atoms with Crippen LogP contribution in [0.4, 0.5) is 0 Å². The van der Waals surface area contributed by atoms with Crippen LogP contribution in [-0.4, -0.2) is 39.4 Å². The van der Waals surface area contributed by atoms with Crippen molar-refractivity contribution in [3.63, 3.8) is 0 Å². The second kappa shape index (κ2) is 8.87. The van der Waals surface area contributed by atoms with Gasteiger partial charge in [0, 0.05) is 0 Å². The zero-order chi connectivity index (χ0) is 18.2. The number of rotatable bonds is 8. The van der Waals surface area contributed by atoms with Crippen molar-refractivity contribution in [3.05, 3.63) is 53.6 Å². The molecule has 0 N–H and O–H groups in total. The smallest absolute Gasteiger partial charge is 0.207 e. The Morgan fingerprint density at radius 1 is 1.00 bits per heavy atom. The van der Waals surface area contributed by atoms with Crippen LogP contribution >= 0.6 is 0 Å². The van der Waals surface area contributed by atoms with Gasteiger partial charge in [-0.15, -0.1) is 0 Å². The summed E-state index contributed by atoms with van der Waals surface area (Å²) < 4.78 is 15.8. The number of benzene rings is 2. The van der Waals surface area contributed by atoms with Gasteiger partial charge >= 0.3 is 0 Å². The summed E-state index contributed by atoms with van der Waals surface area (Å²) in [6.07, 6.45) is 2.05. The average Bonchev–Trinajstić information content (AvgIpc) is 2.65. The van der Waals surface area contributed by atoms with E-state index < -0.39 is 0 Å². The maximum atomic E-state index is 12.3. The van der Waals surface area contributed by atoms with Gasteiger partial charge in [0.25, 0.3) is 0 Å². The van der Waals surface area contributed by atoms with Crippen molar-refractivity contribution in [3.8, 4) is 17.2 Å². The summed E-state index contributed by atoms with van der Waals surface area (Å²) in [5.41, 5.74) is 1.57. The lowest BCUT2D eigenvalue weighted by molar-refractivity contribution is 0.106. The fourth-order valence-electron chi connectivity index (χ4n) is 2.51. The van der Waals surface area contributed by atoms with Crippen LogP contribution in [-0.2, 0) is 6.42 Å². The minimum Gasteiger partial charge on any atom is -0.496 e. The fourth-order valence-corrected chi connectivity index (χ4v) is 2.51. The molecular formula is C20H23NO4. The van der Waals surface area contributed by atoms with Crippen LogP contribution in [0.1, 0.15) is 22.8 Å². The van der Waals surface area contributed by atoms with Crippen molar-refractivity contribution in [1.29, 1.82) is 0 Å². The lowest BCUT2D eigenvalue weighted by atomic mass is 10.1. The SMILES string of the molecule is COc1ccc(CC(C)/N=C\C(=O)c2ccccc2OC)cc1OC. The minimum absolute atomic E-state index is 0.0447. The Morgan fingerprint density at radius 3 is 2.36 bits per heavy atom. The molecule has 0 aliphatic carbocycles. The van der Waals surface area contributed by atoms with Gasteiger partial charge in [0.05, 0.1) is 39.1 Å². The topological polar surface area (TPSA) is 57.1 Å². The third-order valence-electron chi connectivity index (χ3n) is 3.80. The van der Waals surface area contributed by atoms with E-state index in [1.807, 2.05) is 31.2 Å². The van der Waals surface area contributed by atoms with Gasteiger partial charge in [0.1, 0.15) is 5.75 Å². The van der Waals surface area contributed by atoms with E-state index in [0.717, 1.165) is 5.56 Å². The Labute approximate surface area is 148 Å². The summed E-state index contributed by atoms with van der Waals surface area (Å²) in [6, 6.07) is 12.8. The first kappa shape index (κ1) is 18.5. The van der Waals surface area contributed by atoms with E-state index in [1.165, 1.54) is 6.21 Å². The molecule has 5 heteroatoms. The van der Waals surface area contributed by atoms with Gasteiger partial charge in [-0.3, -0.25) is 9.79 Å². The van der Waals surface area contributed by atoms with Gasteiger partial charge in [-0.05, 0) is 43.2 Å². The van der Waals surface area contributed by atoms with Crippen molar-refractivity contribution < 1.29 is 19.0 Å². The van der Waals surface area contributed by atoms with Crippen LogP contribution in [0.2, 0.25) is 0 Å². The normalized spacial score (nSPS) is 12.0. The lowest BCUT2D eigenvalue weighted by Gasteiger charge is -2.11. The second-order valence-electron chi connectivity index (χ2n) is 5.59. The predicted octanol–water partition coefficient (Wildman–Crippen LogP) is 3.60. The van der Waals surface area contributed by atoms with E-state index in [2.05, 4.69) is 4.99 Å². The summed E-state index contributed by atoms with van der Waals surface area (Å²) in [5.74, 6) is 1.75. The molecule has 5 nitrogen and oxygen atoms in total. The molecule has 1 atom stereocenters. The van der Waals surface area contributed by atoms with E-state index in [-0.39, 0.29) is 11.8 Å². The molecule has 2 rings (SSSR count). The maximum absolute atomic E-state index is 12.3. The van der Waals surface area contributed by atoms with Crippen molar-refractivity contribution in [2.75, 3.05) is 21.3 Å². The molecule has 0 aliphatic rings. The minimum atomic E-state index is -0.170. The highest BCUT2D eigenvalue weighted by molar-refractivity contribution is 6.36. The van der Waals surface area contributed by atoms with Crippen LogP contribution in [0.5, 0.6) is 17.2 Å². The summed E-state index contributed by atoms with van der Waals surface area (Å²) in [5, 5.41) is 0. The Balaban J connectivity index is 2.05. The number of Topliss-reactive ketones (excluding diaryl/α,β-unsaturated/α-hetero) is 1. The number of nitrogens with zero attached hydrogens (tertiary/aromatic N) is 1.